The van der Waals surface area contributed by atoms with Gasteiger partial charge in [-0.25, -0.2) is 4.59 Å². The first kappa shape index (κ1) is 10.9. The summed E-state index contributed by atoms with van der Waals surface area (Å²) in [5.74, 6) is 0. The number of hydrogen-bond acceptors (Lipinski definition) is 1. The molecule has 0 aliphatic carbocycles. The number of quaternary nitrogens is 1. The third-order valence-corrected chi connectivity index (χ3v) is 0.308. The number of azide groups is 1. The molecular formula is C3H11N4Sn+. The molecule has 0 rings (SSSR count). The van der Waals surface area contributed by atoms with Gasteiger partial charge in [-0.05, 0) is 0 Å². The fourth-order valence-electron chi connectivity index (χ4n) is 0.120. The van der Waals surface area contributed by atoms with E-state index in [1.807, 2.05) is 0 Å². The van der Waals surface area contributed by atoms with Gasteiger partial charge in [0.05, 0.1) is 26.1 Å². The van der Waals surface area contributed by atoms with Crippen LogP contribution in [0.25, 0.3) is 10.4 Å². The van der Waals surface area contributed by atoms with Gasteiger partial charge < -0.3 is 0 Å². The van der Waals surface area contributed by atoms with Gasteiger partial charge in [-0.2, -0.15) is 0 Å². The normalized spacial score (nSPS) is 8.88. The van der Waals surface area contributed by atoms with E-state index < -0.39 is 0 Å². The van der Waals surface area contributed by atoms with Gasteiger partial charge in [0.2, 0.25) is 0 Å². The molecule has 46 valence electrons. The first-order valence-corrected chi connectivity index (χ1v) is 1.94. The number of rotatable bonds is 1. The van der Waals surface area contributed by atoms with Gasteiger partial charge >= 0.3 is 23.9 Å². The summed E-state index contributed by atoms with van der Waals surface area (Å²) in [6, 6.07) is 0. The zero-order valence-electron chi connectivity index (χ0n) is 5.50. The van der Waals surface area contributed by atoms with Gasteiger partial charge in [0.1, 0.15) is 5.22 Å². The van der Waals surface area contributed by atoms with E-state index in [1.165, 1.54) is 0 Å². The molecular weight excluding hydrogens is 211 g/mol. The zero-order chi connectivity index (χ0) is 5.91. The van der Waals surface area contributed by atoms with Crippen LogP contribution < -0.4 is 0 Å². The maximum atomic E-state index is 7.84. The second-order valence-electron chi connectivity index (χ2n) is 2.12. The molecule has 5 heteroatoms. The van der Waals surface area contributed by atoms with Crippen LogP contribution in [0, 0.1) is 0 Å². The summed E-state index contributed by atoms with van der Waals surface area (Å²) in [5, 5.41) is 3.38. The molecule has 0 aromatic carbocycles. The van der Waals surface area contributed by atoms with Crippen molar-refractivity contribution in [3.63, 3.8) is 0 Å². The molecule has 0 aromatic heterocycles. The zero-order valence-corrected chi connectivity index (χ0v) is 9.53. The Labute approximate surface area is 65.6 Å². The van der Waals surface area contributed by atoms with Crippen molar-refractivity contribution in [3.8, 4) is 0 Å². The van der Waals surface area contributed by atoms with E-state index in [-0.39, 0.29) is 23.9 Å². The first-order chi connectivity index (χ1) is 3.06. The van der Waals surface area contributed by atoms with E-state index in [0.717, 1.165) is 0 Å². The van der Waals surface area contributed by atoms with E-state index in [2.05, 4.69) is 10.1 Å². The Kier molecular flexibility index (Phi) is 5.47. The predicted molar refractivity (Wildman–Crippen MR) is 35.7 cm³/mol. The number of hydrogen-bond donors (Lipinski definition) is 0. The molecule has 0 bridgehead atoms. The van der Waals surface area contributed by atoms with Crippen LogP contribution in [0.2, 0.25) is 0 Å². The summed E-state index contributed by atoms with van der Waals surface area (Å²) in [4.78, 5) is 2.60. The van der Waals surface area contributed by atoms with E-state index in [4.69, 9.17) is 5.53 Å². The molecule has 0 fully saturated rings. The Bertz CT molecular complexity index is 98.3. The van der Waals surface area contributed by atoms with Gasteiger partial charge in [0.25, 0.3) is 0 Å². The van der Waals surface area contributed by atoms with Crippen molar-refractivity contribution >= 4 is 23.9 Å². The van der Waals surface area contributed by atoms with Crippen molar-refractivity contribution in [1.82, 2.24) is 0 Å². The molecule has 4 nitrogen and oxygen atoms in total. The Morgan fingerprint density at radius 3 is 1.75 bits per heavy atom. The van der Waals surface area contributed by atoms with Gasteiger partial charge in [0, 0.05) is 5.53 Å². The molecule has 0 amide bonds. The maximum absolute atomic E-state index is 7.84. The van der Waals surface area contributed by atoms with Crippen molar-refractivity contribution in [2.45, 2.75) is 0 Å². The van der Waals surface area contributed by atoms with Crippen molar-refractivity contribution in [1.29, 1.82) is 0 Å². The van der Waals surface area contributed by atoms with E-state index in [9.17, 15) is 0 Å². The van der Waals surface area contributed by atoms with Crippen LogP contribution in [0.15, 0.2) is 5.22 Å². The molecule has 0 atom stereocenters. The molecule has 0 aliphatic rings. The van der Waals surface area contributed by atoms with Gasteiger partial charge in [-0.3, -0.25) is 0 Å². The summed E-state index contributed by atoms with van der Waals surface area (Å²) in [7, 11) is 5.37. The second-order valence-corrected chi connectivity index (χ2v) is 2.12. The fourth-order valence-corrected chi connectivity index (χ4v) is 0.120. The predicted octanol–water partition coefficient (Wildman–Crippen LogP) is 0.00170. The third-order valence-electron chi connectivity index (χ3n) is 0.308. The van der Waals surface area contributed by atoms with Crippen LogP contribution in [0.4, 0.5) is 0 Å². The molecule has 0 N–H and O–H groups in total. The van der Waals surface area contributed by atoms with Gasteiger partial charge in [-0.1, -0.05) is 0 Å². The Morgan fingerprint density at radius 1 is 1.38 bits per heavy atom. The minimum atomic E-state index is 0. The summed E-state index contributed by atoms with van der Waals surface area (Å²) < 4.78 is 0.302. The topological polar surface area (TPSA) is 48.8 Å². The third kappa shape index (κ3) is 9.42. The Hall–Kier alpha value is 0.0687. The van der Waals surface area contributed by atoms with Gasteiger partial charge in [-0.15, -0.1) is 0 Å². The average Bonchev–Trinajstić information content (AvgIpc) is 1.30. The van der Waals surface area contributed by atoms with Crippen molar-refractivity contribution in [2.24, 2.45) is 5.22 Å². The van der Waals surface area contributed by atoms with Crippen LogP contribution >= 0.6 is 0 Å². The van der Waals surface area contributed by atoms with Crippen molar-refractivity contribution in [3.05, 3.63) is 10.4 Å². The second kappa shape index (κ2) is 4.00. The Morgan fingerprint density at radius 2 is 1.75 bits per heavy atom. The van der Waals surface area contributed by atoms with Crippen molar-refractivity contribution < 1.29 is 4.59 Å². The first-order valence-electron chi connectivity index (χ1n) is 1.94. The standard InChI is InChI=1S/C3H9N4.Sn.2H/c1-7(2,3)6-5-4;;;/h1-3H3;;;/q+1;;;. The minimum absolute atomic E-state index is 0. The van der Waals surface area contributed by atoms with Crippen LogP contribution in [0.1, 0.15) is 0 Å². The van der Waals surface area contributed by atoms with Crippen LogP contribution in [0.5, 0.6) is 0 Å². The summed E-state index contributed by atoms with van der Waals surface area (Å²) in [6.45, 7) is 0. The van der Waals surface area contributed by atoms with E-state index >= 15 is 0 Å². The monoisotopic (exact) mass is 223 g/mol. The van der Waals surface area contributed by atoms with Gasteiger partial charge in [0.15, 0.2) is 0 Å². The van der Waals surface area contributed by atoms with Crippen molar-refractivity contribution in [2.75, 3.05) is 21.1 Å². The molecule has 0 aliphatic heterocycles. The molecule has 0 saturated heterocycles. The molecule has 0 saturated carbocycles. The van der Waals surface area contributed by atoms with Crippen LogP contribution in [-0.2, 0) is 0 Å². The molecule has 2 radical (unpaired) electrons. The molecule has 0 aromatic rings. The Balaban J connectivity index is 0. The van der Waals surface area contributed by atoms with E-state index in [1.54, 1.807) is 21.1 Å². The summed E-state index contributed by atoms with van der Waals surface area (Å²) >= 11 is 0. The summed E-state index contributed by atoms with van der Waals surface area (Å²) in [6.07, 6.45) is 0. The SMILES string of the molecule is C[N+](C)(C)N=[N+]=[N-].[SnH2]. The summed E-state index contributed by atoms with van der Waals surface area (Å²) in [5.41, 5.74) is 7.84. The quantitative estimate of drug-likeness (QED) is 0.150. The van der Waals surface area contributed by atoms with E-state index in [0.29, 0.717) is 4.59 Å². The average molecular weight is 222 g/mol. The number of nitrogens with zero attached hydrogens (tertiary/aromatic N) is 4. The van der Waals surface area contributed by atoms with Crippen LogP contribution in [0.3, 0.4) is 0 Å². The fraction of sp³-hybridized carbons (Fsp3) is 1.00. The van der Waals surface area contributed by atoms with Crippen LogP contribution in [-0.4, -0.2) is 49.6 Å². The molecule has 0 unspecified atom stereocenters. The molecule has 0 spiro atoms. The molecule has 0 heterocycles. The molecule has 8 heavy (non-hydrogen) atoms.